The van der Waals surface area contributed by atoms with Crippen LogP contribution in [0.4, 0.5) is 5.69 Å². The summed E-state index contributed by atoms with van der Waals surface area (Å²) in [4.78, 5) is 19.8. The number of amides is 1. The third-order valence-electron chi connectivity index (χ3n) is 6.07. The number of imidazole rings is 1. The topological polar surface area (TPSA) is 38.1 Å². The average molecular weight is 390 g/mol. The predicted octanol–water partition coefficient (Wildman–Crippen LogP) is 5.84. The molecule has 152 valence electrons. The van der Waals surface area contributed by atoms with Crippen LogP contribution in [0.25, 0.3) is 11.0 Å². The number of nitrogens with zero attached hydrogens (tertiary/aromatic N) is 3. The summed E-state index contributed by atoms with van der Waals surface area (Å²) in [6.07, 6.45) is 6.81. The largest absolute Gasteiger partial charge is 0.328 e. The summed E-state index contributed by atoms with van der Waals surface area (Å²) in [5, 5.41) is 0. The van der Waals surface area contributed by atoms with Crippen LogP contribution in [0.15, 0.2) is 48.5 Å². The zero-order valence-corrected chi connectivity index (χ0v) is 17.6. The summed E-state index contributed by atoms with van der Waals surface area (Å²) in [6.45, 7) is 6.01. The number of carbonyl (C=O) groups is 1. The maximum atomic E-state index is 12.9. The summed E-state index contributed by atoms with van der Waals surface area (Å²) >= 11 is 0. The van der Waals surface area contributed by atoms with E-state index in [1.165, 1.54) is 31.2 Å². The number of unbranched alkanes of at least 4 members (excludes halogenated alkanes) is 4. The lowest BCUT2D eigenvalue weighted by Crippen LogP contribution is -2.25. The normalized spacial score (nSPS) is 16.8. The molecule has 0 radical (unpaired) electrons. The number of aromatic nitrogens is 2. The smallest absolute Gasteiger partial charge is 0.227 e. The molecular weight excluding hydrogens is 358 g/mol. The van der Waals surface area contributed by atoms with Crippen LogP contribution in [0.5, 0.6) is 0 Å². The first-order chi connectivity index (χ1) is 14.2. The molecule has 2 heterocycles. The van der Waals surface area contributed by atoms with Gasteiger partial charge in [-0.3, -0.25) is 4.79 Å². The van der Waals surface area contributed by atoms with E-state index >= 15 is 0 Å². The van der Waals surface area contributed by atoms with Crippen molar-refractivity contribution in [1.82, 2.24) is 9.55 Å². The van der Waals surface area contributed by atoms with Crippen molar-refractivity contribution < 1.29 is 4.79 Å². The van der Waals surface area contributed by atoms with Crippen LogP contribution in [0.2, 0.25) is 0 Å². The molecule has 29 heavy (non-hydrogen) atoms. The second-order valence-corrected chi connectivity index (χ2v) is 8.22. The molecule has 0 saturated carbocycles. The Morgan fingerprint density at radius 3 is 2.59 bits per heavy atom. The van der Waals surface area contributed by atoms with E-state index in [1.54, 1.807) is 0 Å². The summed E-state index contributed by atoms with van der Waals surface area (Å²) in [7, 11) is 0. The molecule has 0 bridgehead atoms. The number of rotatable bonds is 8. The fraction of sp³-hybridized carbons (Fsp3) is 0.440. The molecule has 0 N–H and O–H groups in total. The number of benzene rings is 2. The van der Waals surface area contributed by atoms with Crippen LogP contribution in [0.3, 0.4) is 0 Å². The Bertz CT molecular complexity index is 991. The summed E-state index contributed by atoms with van der Waals surface area (Å²) in [6, 6.07) is 16.5. The molecule has 1 amide bonds. The molecule has 1 aliphatic heterocycles. The van der Waals surface area contributed by atoms with E-state index in [4.69, 9.17) is 4.98 Å². The highest BCUT2D eigenvalue weighted by atomic mass is 16.2. The van der Waals surface area contributed by atoms with Gasteiger partial charge in [0, 0.05) is 31.1 Å². The fourth-order valence-corrected chi connectivity index (χ4v) is 4.49. The molecule has 4 nitrogen and oxygen atoms in total. The van der Waals surface area contributed by atoms with Crippen LogP contribution in [-0.2, 0) is 11.3 Å². The summed E-state index contributed by atoms with van der Waals surface area (Å²) < 4.78 is 2.38. The molecule has 1 aliphatic rings. The highest BCUT2D eigenvalue weighted by Crippen LogP contribution is 2.34. The van der Waals surface area contributed by atoms with Gasteiger partial charge in [0.15, 0.2) is 0 Å². The first-order valence-electron chi connectivity index (χ1n) is 11.0. The van der Waals surface area contributed by atoms with Crippen molar-refractivity contribution in [2.45, 2.75) is 64.8 Å². The van der Waals surface area contributed by atoms with E-state index in [1.807, 2.05) is 29.2 Å². The van der Waals surface area contributed by atoms with Gasteiger partial charge in [0.05, 0.1) is 11.0 Å². The number of aryl methyl sites for hydroxylation is 2. The second kappa shape index (κ2) is 8.81. The maximum Gasteiger partial charge on any atom is 0.227 e. The van der Waals surface area contributed by atoms with E-state index in [9.17, 15) is 4.79 Å². The van der Waals surface area contributed by atoms with Gasteiger partial charge in [0.25, 0.3) is 0 Å². The minimum absolute atomic E-state index is 0.144. The lowest BCUT2D eigenvalue weighted by molar-refractivity contribution is -0.117. The van der Waals surface area contributed by atoms with E-state index < -0.39 is 0 Å². The first-order valence-corrected chi connectivity index (χ1v) is 11.0. The third-order valence-corrected chi connectivity index (χ3v) is 6.07. The van der Waals surface area contributed by atoms with Crippen LogP contribution in [-0.4, -0.2) is 22.0 Å². The minimum Gasteiger partial charge on any atom is -0.328 e. The van der Waals surface area contributed by atoms with Crippen molar-refractivity contribution >= 4 is 22.6 Å². The Morgan fingerprint density at radius 1 is 1.00 bits per heavy atom. The van der Waals surface area contributed by atoms with Gasteiger partial charge in [0.2, 0.25) is 5.91 Å². The first kappa shape index (κ1) is 19.7. The van der Waals surface area contributed by atoms with Crippen LogP contribution >= 0.6 is 0 Å². The molecule has 1 fully saturated rings. The summed E-state index contributed by atoms with van der Waals surface area (Å²) in [5.41, 5.74) is 4.41. The minimum atomic E-state index is 0.144. The molecule has 4 heteroatoms. The Hall–Kier alpha value is -2.62. The van der Waals surface area contributed by atoms with Gasteiger partial charge in [-0.05, 0) is 37.1 Å². The lowest BCUT2D eigenvalue weighted by atomic mass is 10.1. The standard InChI is InChI=1S/C25H31N3O/c1-3-4-5-6-11-16-27-23-15-10-8-13-21(23)26-25(27)20-17-24(29)28(18-20)22-14-9-7-12-19(22)2/h7-10,12-15,20H,3-6,11,16-18H2,1-2H3. The van der Waals surface area contributed by atoms with Crippen molar-refractivity contribution in [3.8, 4) is 0 Å². The molecule has 0 aliphatic carbocycles. The molecule has 2 aromatic carbocycles. The number of hydrogen-bond acceptors (Lipinski definition) is 2. The molecular formula is C25H31N3O. The zero-order chi connectivity index (χ0) is 20.2. The highest BCUT2D eigenvalue weighted by molar-refractivity contribution is 5.97. The van der Waals surface area contributed by atoms with Crippen molar-refractivity contribution in [3.05, 3.63) is 59.9 Å². The SMILES string of the molecule is CCCCCCCn1c(C2CC(=O)N(c3ccccc3C)C2)nc2ccccc21. The van der Waals surface area contributed by atoms with Crippen LogP contribution < -0.4 is 4.90 Å². The number of para-hydroxylation sites is 3. The number of fused-ring (bicyclic) bond motifs is 1. The molecule has 1 unspecified atom stereocenters. The van der Waals surface area contributed by atoms with E-state index in [2.05, 4.69) is 42.7 Å². The van der Waals surface area contributed by atoms with Gasteiger partial charge in [-0.1, -0.05) is 62.9 Å². The lowest BCUT2D eigenvalue weighted by Gasteiger charge is -2.19. The van der Waals surface area contributed by atoms with Gasteiger partial charge >= 0.3 is 0 Å². The van der Waals surface area contributed by atoms with Crippen molar-refractivity contribution in [2.75, 3.05) is 11.4 Å². The van der Waals surface area contributed by atoms with E-state index in [0.29, 0.717) is 13.0 Å². The number of hydrogen-bond donors (Lipinski definition) is 0. The van der Waals surface area contributed by atoms with E-state index in [-0.39, 0.29) is 11.8 Å². The maximum absolute atomic E-state index is 12.9. The third kappa shape index (κ3) is 4.07. The quantitative estimate of drug-likeness (QED) is 0.454. The molecule has 1 aromatic heterocycles. The molecule has 1 atom stereocenters. The molecule has 3 aromatic rings. The summed E-state index contributed by atoms with van der Waals surface area (Å²) in [5.74, 6) is 1.42. The Morgan fingerprint density at radius 2 is 1.76 bits per heavy atom. The molecule has 4 rings (SSSR count). The Balaban J connectivity index is 1.59. The Kier molecular flexibility index (Phi) is 5.98. The Labute approximate surface area is 173 Å². The molecule has 1 saturated heterocycles. The average Bonchev–Trinajstić information content (AvgIpc) is 3.29. The van der Waals surface area contributed by atoms with Gasteiger partial charge in [-0.15, -0.1) is 0 Å². The zero-order valence-electron chi connectivity index (χ0n) is 17.6. The molecule has 0 spiro atoms. The van der Waals surface area contributed by atoms with Crippen molar-refractivity contribution in [1.29, 1.82) is 0 Å². The predicted molar refractivity (Wildman–Crippen MR) is 119 cm³/mol. The van der Waals surface area contributed by atoms with Gasteiger partial charge in [0.1, 0.15) is 5.82 Å². The van der Waals surface area contributed by atoms with Crippen molar-refractivity contribution in [3.63, 3.8) is 0 Å². The van der Waals surface area contributed by atoms with Gasteiger partial charge in [-0.2, -0.15) is 0 Å². The second-order valence-electron chi connectivity index (χ2n) is 8.22. The van der Waals surface area contributed by atoms with Crippen molar-refractivity contribution in [2.24, 2.45) is 0 Å². The monoisotopic (exact) mass is 389 g/mol. The van der Waals surface area contributed by atoms with Crippen LogP contribution in [0, 0.1) is 6.92 Å². The van der Waals surface area contributed by atoms with E-state index in [0.717, 1.165) is 35.6 Å². The van der Waals surface area contributed by atoms with Gasteiger partial charge in [-0.25, -0.2) is 4.98 Å². The number of carbonyl (C=O) groups excluding carboxylic acids is 1. The van der Waals surface area contributed by atoms with Crippen LogP contribution in [0.1, 0.15) is 62.8 Å². The highest BCUT2D eigenvalue weighted by Gasteiger charge is 2.35. The number of anilines is 1. The van der Waals surface area contributed by atoms with Gasteiger partial charge < -0.3 is 9.47 Å². The fourth-order valence-electron chi connectivity index (χ4n) is 4.49.